The number of ether oxygens (including phenoxy) is 1. The van der Waals surface area contributed by atoms with Gasteiger partial charge in [0.05, 0.1) is 11.4 Å². The van der Waals surface area contributed by atoms with E-state index >= 15 is 0 Å². The number of H-pyrrole nitrogens is 1. The highest BCUT2D eigenvalue weighted by Gasteiger charge is 2.32. The van der Waals surface area contributed by atoms with Crippen LogP contribution in [0.15, 0.2) is 59.4 Å². The maximum atomic E-state index is 13.8. The zero-order valence-corrected chi connectivity index (χ0v) is 20.1. The van der Waals surface area contributed by atoms with Gasteiger partial charge in [-0.2, -0.15) is 0 Å². The van der Waals surface area contributed by atoms with Gasteiger partial charge in [0.1, 0.15) is 11.3 Å². The fourth-order valence-electron chi connectivity index (χ4n) is 3.86. The van der Waals surface area contributed by atoms with Crippen LogP contribution in [0.1, 0.15) is 31.3 Å². The molecule has 0 bridgehead atoms. The summed E-state index contributed by atoms with van der Waals surface area (Å²) >= 11 is 6.04. The molecule has 3 aromatic rings. The van der Waals surface area contributed by atoms with E-state index in [4.69, 9.17) is 16.3 Å². The second-order valence-corrected chi connectivity index (χ2v) is 9.53. The Morgan fingerprint density at radius 2 is 1.50 bits per heavy atom. The van der Waals surface area contributed by atoms with Crippen LogP contribution >= 0.6 is 11.6 Å². The number of nitrogens with zero attached hydrogens (tertiary/aromatic N) is 3. The van der Waals surface area contributed by atoms with Gasteiger partial charge in [0.15, 0.2) is 0 Å². The molecule has 178 valence electrons. The average molecular weight is 483 g/mol. The molecule has 4 rings (SSSR count). The molecule has 2 amide bonds. The van der Waals surface area contributed by atoms with Crippen LogP contribution in [-0.4, -0.2) is 63.1 Å². The van der Waals surface area contributed by atoms with Crippen LogP contribution in [0.3, 0.4) is 0 Å². The van der Waals surface area contributed by atoms with Crippen molar-refractivity contribution in [1.82, 2.24) is 19.4 Å². The predicted octanol–water partition coefficient (Wildman–Crippen LogP) is 4.18. The van der Waals surface area contributed by atoms with Crippen molar-refractivity contribution < 1.29 is 14.3 Å². The van der Waals surface area contributed by atoms with Crippen molar-refractivity contribution in [2.24, 2.45) is 0 Å². The van der Waals surface area contributed by atoms with E-state index in [2.05, 4.69) is 4.98 Å². The standard InChI is InChI=1S/C25H27ClN4O4/c1-25(2,3)34-24(33)29-15-13-28(14-16-29)22(31)21-20(17-9-11-18(26)12-10-17)27-23(32)30(21)19-7-5-4-6-8-19/h4-12H,13-16H2,1-3H3,(H,27,32). The summed E-state index contributed by atoms with van der Waals surface area (Å²) in [6, 6.07) is 16.0. The lowest BCUT2D eigenvalue weighted by atomic mass is 10.1. The number of amides is 2. The summed E-state index contributed by atoms with van der Waals surface area (Å²) in [5, 5.41) is 0.555. The average Bonchev–Trinajstić information content (AvgIpc) is 3.15. The van der Waals surface area contributed by atoms with E-state index in [1.165, 1.54) is 4.57 Å². The highest BCUT2D eigenvalue weighted by molar-refractivity contribution is 6.30. The molecule has 2 aromatic carbocycles. The number of hydrogen-bond donors (Lipinski definition) is 1. The van der Waals surface area contributed by atoms with Crippen molar-refractivity contribution in [3.05, 3.63) is 75.8 Å². The first-order valence-electron chi connectivity index (χ1n) is 11.1. The maximum absolute atomic E-state index is 13.8. The van der Waals surface area contributed by atoms with E-state index in [0.29, 0.717) is 48.1 Å². The first kappa shape index (κ1) is 23.6. The van der Waals surface area contributed by atoms with Gasteiger partial charge in [0.25, 0.3) is 5.91 Å². The van der Waals surface area contributed by atoms with Crippen LogP contribution in [0, 0.1) is 0 Å². The van der Waals surface area contributed by atoms with Crippen LogP contribution in [0.25, 0.3) is 16.9 Å². The monoisotopic (exact) mass is 482 g/mol. The second kappa shape index (κ2) is 9.38. The van der Waals surface area contributed by atoms with Crippen LogP contribution in [0.5, 0.6) is 0 Å². The predicted molar refractivity (Wildman–Crippen MR) is 131 cm³/mol. The third kappa shape index (κ3) is 5.02. The van der Waals surface area contributed by atoms with E-state index in [1.54, 1.807) is 46.2 Å². The van der Waals surface area contributed by atoms with Gasteiger partial charge in [0.2, 0.25) is 0 Å². The molecule has 0 saturated carbocycles. The number of benzene rings is 2. The molecule has 1 N–H and O–H groups in total. The molecule has 1 fully saturated rings. The molecular formula is C25H27ClN4O4. The number of carbonyl (C=O) groups is 2. The molecule has 8 nitrogen and oxygen atoms in total. The summed E-state index contributed by atoms with van der Waals surface area (Å²) in [5.74, 6) is -0.295. The molecule has 1 aliphatic heterocycles. The van der Waals surface area contributed by atoms with Crippen molar-refractivity contribution in [3.63, 3.8) is 0 Å². The number of halogens is 1. The van der Waals surface area contributed by atoms with Crippen molar-refractivity contribution in [3.8, 4) is 16.9 Å². The van der Waals surface area contributed by atoms with Gasteiger partial charge >= 0.3 is 11.8 Å². The lowest BCUT2D eigenvalue weighted by Crippen LogP contribution is -2.52. The van der Waals surface area contributed by atoms with Crippen LogP contribution in [0.4, 0.5) is 4.79 Å². The van der Waals surface area contributed by atoms with Gasteiger partial charge in [0, 0.05) is 36.8 Å². The molecular weight excluding hydrogens is 456 g/mol. The minimum Gasteiger partial charge on any atom is -0.444 e. The molecule has 1 aromatic heterocycles. The number of imidazole rings is 1. The van der Waals surface area contributed by atoms with Crippen molar-refractivity contribution in [1.29, 1.82) is 0 Å². The Morgan fingerprint density at radius 1 is 0.912 bits per heavy atom. The minimum atomic E-state index is -0.589. The van der Waals surface area contributed by atoms with Crippen molar-refractivity contribution in [2.45, 2.75) is 26.4 Å². The number of piperazine rings is 1. The number of aromatic nitrogens is 2. The quantitative estimate of drug-likeness (QED) is 0.606. The number of rotatable bonds is 3. The van der Waals surface area contributed by atoms with Gasteiger partial charge in [-0.15, -0.1) is 0 Å². The number of nitrogens with one attached hydrogen (secondary N) is 1. The molecule has 34 heavy (non-hydrogen) atoms. The number of para-hydroxylation sites is 1. The first-order valence-corrected chi connectivity index (χ1v) is 11.5. The van der Waals surface area contributed by atoms with Crippen LogP contribution < -0.4 is 5.69 Å². The summed E-state index contributed by atoms with van der Waals surface area (Å²) in [7, 11) is 0. The number of carbonyl (C=O) groups excluding carboxylic acids is 2. The highest BCUT2D eigenvalue weighted by atomic mass is 35.5. The van der Waals surface area contributed by atoms with Crippen LogP contribution in [0.2, 0.25) is 5.02 Å². The van der Waals surface area contributed by atoms with Gasteiger partial charge in [-0.3, -0.25) is 9.36 Å². The molecule has 0 aliphatic carbocycles. The fraction of sp³-hybridized carbons (Fsp3) is 0.320. The SMILES string of the molecule is CC(C)(C)OC(=O)N1CCN(C(=O)c2c(-c3ccc(Cl)cc3)[nH]c(=O)n2-c2ccccc2)CC1. The molecule has 1 saturated heterocycles. The van der Waals surface area contributed by atoms with Gasteiger partial charge < -0.3 is 19.5 Å². The Morgan fingerprint density at radius 3 is 2.09 bits per heavy atom. The summed E-state index contributed by atoms with van der Waals surface area (Å²) < 4.78 is 6.84. The third-order valence-corrected chi connectivity index (χ3v) is 5.72. The summed E-state index contributed by atoms with van der Waals surface area (Å²) in [4.78, 5) is 45.3. The Kier molecular flexibility index (Phi) is 6.52. The minimum absolute atomic E-state index is 0.240. The van der Waals surface area contributed by atoms with E-state index in [-0.39, 0.29) is 11.6 Å². The van der Waals surface area contributed by atoms with E-state index in [1.807, 2.05) is 39.0 Å². The lowest BCUT2D eigenvalue weighted by Gasteiger charge is -2.35. The zero-order valence-electron chi connectivity index (χ0n) is 19.4. The van der Waals surface area contributed by atoms with Crippen molar-refractivity contribution >= 4 is 23.6 Å². The Labute approximate surface area is 202 Å². The normalized spacial score (nSPS) is 14.2. The number of aromatic amines is 1. The van der Waals surface area contributed by atoms with Crippen molar-refractivity contribution in [2.75, 3.05) is 26.2 Å². The maximum Gasteiger partial charge on any atom is 0.410 e. The first-order chi connectivity index (χ1) is 16.1. The van der Waals surface area contributed by atoms with E-state index in [9.17, 15) is 14.4 Å². The lowest BCUT2D eigenvalue weighted by molar-refractivity contribution is 0.0140. The van der Waals surface area contributed by atoms with E-state index in [0.717, 1.165) is 0 Å². The molecule has 9 heteroatoms. The van der Waals surface area contributed by atoms with Gasteiger partial charge in [-0.25, -0.2) is 9.59 Å². The number of hydrogen-bond acceptors (Lipinski definition) is 4. The third-order valence-electron chi connectivity index (χ3n) is 5.46. The molecule has 0 atom stereocenters. The molecule has 1 aliphatic rings. The second-order valence-electron chi connectivity index (χ2n) is 9.09. The largest absolute Gasteiger partial charge is 0.444 e. The molecule has 0 unspecified atom stereocenters. The summed E-state index contributed by atoms with van der Waals surface area (Å²) in [6.07, 6.45) is -0.399. The molecule has 0 radical (unpaired) electrons. The van der Waals surface area contributed by atoms with Gasteiger partial charge in [-0.1, -0.05) is 41.9 Å². The Bertz CT molecular complexity index is 1230. The topological polar surface area (TPSA) is 87.6 Å². The van der Waals surface area contributed by atoms with E-state index < -0.39 is 17.4 Å². The molecule has 0 spiro atoms. The Hall–Kier alpha value is -3.52. The van der Waals surface area contributed by atoms with Crippen LogP contribution in [-0.2, 0) is 4.74 Å². The zero-order chi connectivity index (χ0) is 24.5. The molecule has 2 heterocycles. The smallest absolute Gasteiger partial charge is 0.410 e. The summed E-state index contributed by atoms with van der Waals surface area (Å²) in [5.41, 5.74) is 0.918. The summed E-state index contributed by atoms with van der Waals surface area (Å²) in [6.45, 7) is 6.79. The fourth-order valence-corrected chi connectivity index (χ4v) is 3.98. The van der Waals surface area contributed by atoms with Gasteiger partial charge in [-0.05, 0) is 45.0 Å². The Balaban J connectivity index is 1.66. The highest BCUT2D eigenvalue weighted by Crippen LogP contribution is 2.26.